The molecule has 2 heterocycles. The molecule has 2 aromatic carbocycles. The first-order chi connectivity index (χ1) is 14.5. The van der Waals surface area contributed by atoms with Gasteiger partial charge in [-0.15, -0.1) is 0 Å². The zero-order chi connectivity index (χ0) is 21.1. The monoisotopic (exact) mass is 402 g/mol. The molecule has 0 spiro atoms. The molecule has 0 bridgehead atoms. The van der Waals surface area contributed by atoms with Crippen LogP contribution in [0.5, 0.6) is 11.8 Å². The Bertz CT molecular complexity index is 1120. The van der Waals surface area contributed by atoms with Crippen molar-refractivity contribution in [3.05, 3.63) is 90.1 Å². The topological polar surface area (TPSA) is 84.4 Å². The van der Waals surface area contributed by atoms with Crippen molar-refractivity contribution >= 4 is 16.9 Å². The summed E-state index contributed by atoms with van der Waals surface area (Å²) in [6.45, 7) is 1.88. The lowest BCUT2D eigenvalue weighted by molar-refractivity contribution is -0.147. The Morgan fingerprint density at radius 2 is 1.63 bits per heavy atom. The Morgan fingerprint density at radius 1 is 1.03 bits per heavy atom. The molecule has 30 heavy (non-hydrogen) atoms. The predicted molar refractivity (Wildman–Crippen MR) is 114 cm³/mol. The van der Waals surface area contributed by atoms with E-state index in [0.29, 0.717) is 11.4 Å². The largest absolute Gasteiger partial charge is 0.481 e. The Balaban J connectivity index is 1.88. The van der Waals surface area contributed by atoms with Crippen LogP contribution in [0.3, 0.4) is 0 Å². The highest BCUT2D eigenvalue weighted by atomic mass is 16.5. The summed E-state index contributed by atoms with van der Waals surface area (Å²) in [7, 11) is 1.51. The van der Waals surface area contributed by atoms with Crippen LogP contribution >= 0.6 is 0 Å². The number of nitrogens with zero attached hydrogens (tertiary/aromatic N) is 1. The van der Waals surface area contributed by atoms with Crippen molar-refractivity contribution in [3.8, 4) is 11.8 Å². The van der Waals surface area contributed by atoms with Crippen LogP contribution < -0.4 is 9.47 Å². The van der Waals surface area contributed by atoms with E-state index in [1.54, 1.807) is 12.3 Å². The Morgan fingerprint density at radius 3 is 2.17 bits per heavy atom. The van der Waals surface area contributed by atoms with Gasteiger partial charge in [0.1, 0.15) is 5.52 Å². The number of benzene rings is 2. The fraction of sp³-hybridized carbons (Fsp3) is 0.167. The molecule has 6 heteroatoms. The molecule has 0 aliphatic heterocycles. The zero-order valence-electron chi connectivity index (χ0n) is 16.7. The lowest BCUT2D eigenvalue weighted by atomic mass is 9.72. The maximum atomic E-state index is 12.5. The van der Waals surface area contributed by atoms with E-state index in [0.717, 1.165) is 16.5 Å². The minimum atomic E-state index is -1.24. The summed E-state index contributed by atoms with van der Waals surface area (Å²) in [4.78, 5) is 20.0. The summed E-state index contributed by atoms with van der Waals surface area (Å²) in [6.07, 6.45) is 0.510. The van der Waals surface area contributed by atoms with E-state index in [2.05, 4.69) is 9.97 Å². The quantitative estimate of drug-likeness (QED) is 0.478. The third kappa shape index (κ3) is 3.37. The van der Waals surface area contributed by atoms with Crippen molar-refractivity contribution in [2.24, 2.45) is 0 Å². The number of aliphatic carboxylic acids is 1. The summed E-state index contributed by atoms with van der Waals surface area (Å²) < 4.78 is 11.4. The summed E-state index contributed by atoms with van der Waals surface area (Å²) >= 11 is 0. The molecule has 6 nitrogen and oxygen atoms in total. The second kappa shape index (κ2) is 7.91. The number of rotatable bonds is 7. The molecular weight excluding hydrogens is 380 g/mol. The molecule has 0 saturated heterocycles. The Hall–Kier alpha value is -3.80. The van der Waals surface area contributed by atoms with Gasteiger partial charge in [0.2, 0.25) is 17.9 Å². The average molecular weight is 402 g/mol. The molecule has 2 aromatic heterocycles. The smallest absolute Gasteiger partial charge is 0.346 e. The number of ether oxygens (including phenoxy) is 2. The second-order valence-corrected chi connectivity index (χ2v) is 7.18. The van der Waals surface area contributed by atoms with Crippen molar-refractivity contribution in [1.82, 2.24) is 9.97 Å². The molecule has 0 fully saturated rings. The molecule has 2 N–H and O–H groups in total. The molecular formula is C24H22N2O4. The fourth-order valence-electron chi connectivity index (χ4n) is 3.76. The van der Waals surface area contributed by atoms with Crippen LogP contribution in [0.4, 0.5) is 0 Å². The van der Waals surface area contributed by atoms with Gasteiger partial charge >= 0.3 is 5.97 Å². The first-order valence-corrected chi connectivity index (χ1v) is 9.56. The number of fused-ring (bicyclic) bond motifs is 1. The maximum Gasteiger partial charge on any atom is 0.346 e. The molecule has 4 aromatic rings. The molecule has 0 amide bonds. The van der Waals surface area contributed by atoms with Gasteiger partial charge in [0.05, 0.1) is 12.5 Å². The standard InChI is InChI=1S/C24H22N2O4/c1-24(17-9-5-3-6-10-17,18-11-7-4-8-12-18)21(23(27)28)30-22-20-16(13-14-25-20)15-19(26-22)29-2/h3-15,21,25H,1-2H3,(H,27,28)/t21-/m1/s1. The van der Waals surface area contributed by atoms with Gasteiger partial charge in [-0.3, -0.25) is 0 Å². The number of nitrogens with one attached hydrogen (secondary N) is 1. The van der Waals surface area contributed by atoms with Crippen LogP contribution in [-0.2, 0) is 10.2 Å². The lowest BCUT2D eigenvalue weighted by Gasteiger charge is -2.36. The lowest BCUT2D eigenvalue weighted by Crippen LogP contribution is -2.47. The number of hydrogen-bond acceptors (Lipinski definition) is 4. The summed E-state index contributed by atoms with van der Waals surface area (Å²) in [5.74, 6) is -0.559. The minimum absolute atomic E-state index is 0.180. The van der Waals surface area contributed by atoms with Crippen LogP contribution in [-0.4, -0.2) is 34.3 Å². The highest BCUT2D eigenvalue weighted by molar-refractivity contribution is 5.85. The number of methoxy groups -OCH3 is 1. The highest BCUT2D eigenvalue weighted by Gasteiger charge is 2.45. The SMILES string of the molecule is COc1cc2cc[nH]c2c(O[C@H](C(=O)O)C(C)(c2ccccc2)c2ccccc2)n1. The second-order valence-electron chi connectivity index (χ2n) is 7.18. The summed E-state index contributed by atoms with van der Waals surface area (Å²) in [5, 5.41) is 11.1. The van der Waals surface area contributed by atoms with Gasteiger partial charge in [-0.2, -0.15) is 4.98 Å². The predicted octanol–water partition coefficient (Wildman–Crippen LogP) is 4.41. The molecule has 0 aliphatic rings. The fourth-order valence-corrected chi connectivity index (χ4v) is 3.76. The number of carboxylic acid groups (broad SMARTS) is 1. The van der Waals surface area contributed by atoms with E-state index in [1.807, 2.05) is 73.7 Å². The Labute approximate surface area is 174 Å². The number of hydrogen-bond donors (Lipinski definition) is 2. The number of pyridine rings is 1. The van der Waals surface area contributed by atoms with E-state index in [1.165, 1.54) is 7.11 Å². The highest BCUT2D eigenvalue weighted by Crippen LogP contribution is 2.38. The van der Waals surface area contributed by atoms with Gasteiger partial charge in [-0.25, -0.2) is 4.79 Å². The molecule has 0 saturated carbocycles. The van der Waals surface area contributed by atoms with Gasteiger partial charge in [-0.05, 0) is 24.1 Å². The van der Waals surface area contributed by atoms with Crippen LogP contribution in [0.2, 0.25) is 0 Å². The maximum absolute atomic E-state index is 12.5. The van der Waals surface area contributed by atoms with Crippen molar-refractivity contribution in [2.75, 3.05) is 7.11 Å². The molecule has 0 radical (unpaired) electrons. The van der Waals surface area contributed by atoms with Crippen LogP contribution in [0.15, 0.2) is 79.0 Å². The van der Waals surface area contributed by atoms with E-state index < -0.39 is 17.5 Å². The van der Waals surface area contributed by atoms with Gasteiger partial charge in [0.25, 0.3) is 0 Å². The van der Waals surface area contributed by atoms with E-state index >= 15 is 0 Å². The van der Waals surface area contributed by atoms with Crippen LogP contribution in [0.1, 0.15) is 18.1 Å². The molecule has 0 aliphatic carbocycles. The number of H-pyrrole nitrogens is 1. The summed E-state index contributed by atoms with van der Waals surface area (Å²) in [5.41, 5.74) is 1.30. The molecule has 0 unspecified atom stereocenters. The van der Waals surface area contributed by atoms with Gasteiger partial charge in [0, 0.05) is 17.6 Å². The first-order valence-electron chi connectivity index (χ1n) is 9.56. The normalized spacial score (nSPS) is 12.5. The number of carbonyl (C=O) groups is 1. The van der Waals surface area contributed by atoms with Crippen molar-refractivity contribution < 1.29 is 19.4 Å². The first kappa shape index (κ1) is 19.5. The third-order valence-electron chi connectivity index (χ3n) is 5.42. The van der Waals surface area contributed by atoms with Crippen LogP contribution in [0.25, 0.3) is 10.9 Å². The molecule has 152 valence electrons. The van der Waals surface area contributed by atoms with E-state index in [9.17, 15) is 9.90 Å². The van der Waals surface area contributed by atoms with E-state index in [4.69, 9.17) is 9.47 Å². The average Bonchev–Trinajstić information content (AvgIpc) is 3.26. The van der Waals surface area contributed by atoms with Crippen molar-refractivity contribution in [3.63, 3.8) is 0 Å². The summed E-state index contributed by atoms with van der Waals surface area (Å²) in [6, 6.07) is 22.6. The number of aromatic nitrogens is 2. The molecule has 1 atom stereocenters. The zero-order valence-corrected chi connectivity index (χ0v) is 16.7. The third-order valence-corrected chi connectivity index (χ3v) is 5.42. The van der Waals surface area contributed by atoms with Crippen LogP contribution in [0, 0.1) is 0 Å². The van der Waals surface area contributed by atoms with Gasteiger partial charge in [0.15, 0.2) is 0 Å². The van der Waals surface area contributed by atoms with Crippen molar-refractivity contribution in [2.45, 2.75) is 18.4 Å². The van der Waals surface area contributed by atoms with Gasteiger partial charge in [-0.1, -0.05) is 60.7 Å². The van der Waals surface area contributed by atoms with E-state index in [-0.39, 0.29) is 5.88 Å². The number of aromatic amines is 1. The Kier molecular flexibility index (Phi) is 5.14. The number of carboxylic acids is 1. The minimum Gasteiger partial charge on any atom is -0.481 e. The van der Waals surface area contributed by atoms with Gasteiger partial charge < -0.3 is 19.6 Å². The van der Waals surface area contributed by atoms with Crippen molar-refractivity contribution in [1.29, 1.82) is 0 Å². The molecule has 4 rings (SSSR count).